The van der Waals surface area contributed by atoms with Crippen molar-refractivity contribution in [2.45, 2.75) is 31.8 Å². The number of aliphatic hydroxyl groups excluding tert-OH is 1. The molecule has 1 heterocycles. The van der Waals surface area contributed by atoms with Crippen molar-refractivity contribution in [2.24, 2.45) is 0 Å². The van der Waals surface area contributed by atoms with E-state index in [9.17, 15) is 5.11 Å². The number of hydrogen-bond acceptors (Lipinski definition) is 3. The lowest BCUT2D eigenvalue weighted by molar-refractivity contribution is -0.147. The topological polar surface area (TPSA) is 38.7 Å². The molecule has 2 rings (SSSR count). The summed E-state index contributed by atoms with van der Waals surface area (Å²) >= 11 is 0. The van der Waals surface area contributed by atoms with E-state index in [1.807, 2.05) is 50.3 Å². The fraction of sp³-hybridized carbons (Fsp3) is 0.429. The summed E-state index contributed by atoms with van der Waals surface area (Å²) in [6.07, 6.45) is 2.70. The van der Waals surface area contributed by atoms with E-state index >= 15 is 0 Å². The SMILES string of the molecule is CC1(C)OCC(C(O)/C=C/c2ccccc2)O1. The summed E-state index contributed by atoms with van der Waals surface area (Å²) in [7, 11) is 0. The lowest BCUT2D eigenvalue weighted by Crippen LogP contribution is -2.29. The van der Waals surface area contributed by atoms with Crippen LogP contribution in [0.25, 0.3) is 6.08 Å². The molecule has 2 unspecified atom stereocenters. The zero-order chi connectivity index (χ0) is 12.3. The minimum absolute atomic E-state index is 0.287. The molecule has 1 N–H and O–H groups in total. The Bertz CT molecular complexity index is 384. The summed E-state index contributed by atoms with van der Waals surface area (Å²) in [6.45, 7) is 4.12. The first-order valence-electron chi connectivity index (χ1n) is 5.80. The van der Waals surface area contributed by atoms with Gasteiger partial charge in [-0.05, 0) is 19.4 Å². The lowest BCUT2D eigenvalue weighted by Gasteiger charge is -2.18. The minimum atomic E-state index is -0.642. The molecule has 1 fully saturated rings. The van der Waals surface area contributed by atoms with Gasteiger partial charge in [-0.1, -0.05) is 42.5 Å². The van der Waals surface area contributed by atoms with Crippen LogP contribution in [-0.2, 0) is 9.47 Å². The third-order valence-corrected chi connectivity index (χ3v) is 2.70. The molecule has 0 spiro atoms. The Kier molecular flexibility index (Phi) is 3.62. The van der Waals surface area contributed by atoms with E-state index in [4.69, 9.17) is 9.47 Å². The zero-order valence-electron chi connectivity index (χ0n) is 10.2. The van der Waals surface area contributed by atoms with Gasteiger partial charge in [0.2, 0.25) is 0 Å². The largest absolute Gasteiger partial charge is 0.386 e. The maximum absolute atomic E-state index is 9.95. The van der Waals surface area contributed by atoms with Crippen LogP contribution >= 0.6 is 0 Å². The summed E-state index contributed by atoms with van der Waals surface area (Å²) in [5.74, 6) is -0.591. The lowest BCUT2D eigenvalue weighted by atomic mass is 10.1. The molecular weight excluding hydrogens is 216 g/mol. The van der Waals surface area contributed by atoms with Gasteiger partial charge in [0, 0.05) is 0 Å². The van der Waals surface area contributed by atoms with Gasteiger partial charge < -0.3 is 14.6 Å². The van der Waals surface area contributed by atoms with Crippen molar-refractivity contribution in [1.29, 1.82) is 0 Å². The molecule has 1 saturated heterocycles. The van der Waals surface area contributed by atoms with Gasteiger partial charge in [-0.3, -0.25) is 0 Å². The molecule has 1 aromatic carbocycles. The van der Waals surface area contributed by atoms with E-state index in [1.54, 1.807) is 6.08 Å². The van der Waals surface area contributed by atoms with Crippen LogP contribution in [0.5, 0.6) is 0 Å². The van der Waals surface area contributed by atoms with Gasteiger partial charge in [0.1, 0.15) is 12.2 Å². The average Bonchev–Trinajstić information content (AvgIpc) is 2.68. The summed E-state index contributed by atoms with van der Waals surface area (Å²) < 4.78 is 11.0. The van der Waals surface area contributed by atoms with E-state index in [0.717, 1.165) is 5.56 Å². The molecule has 0 saturated carbocycles. The van der Waals surface area contributed by atoms with Crippen molar-refractivity contribution in [2.75, 3.05) is 6.61 Å². The third-order valence-electron chi connectivity index (χ3n) is 2.70. The first-order chi connectivity index (χ1) is 8.07. The molecule has 0 aromatic heterocycles. The highest BCUT2D eigenvalue weighted by atomic mass is 16.7. The molecule has 1 aliphatic rings. The normalized spacial score (nSPS) is 25.2. The molecule has 0 bridgehead atoms. The molecule has 92 valence electrons. The van der Waals surface area contributed by atoms with Crippen molar-refractivity contribution >= 4 is 6.08 Å². The van der Waals surface area contributed by atoms with Crippen LogP contribution in [0.3, 0.4) is 0 Å². The second-order valence-corrected chi connectivity index (χ2v) is 4.63. The van der Waals surface area contributed by atoms with Crippen LogP contribution in [0.4, 0.5) is 0 Å². The molecule has 0 amide bonds. The summed E-state index contributed by atoms with van der Waals surface area (Å²) in [5.41, 5.74) is 1.06. The first-order valence-corrected chi connectivity index (χ1v) is 5.80. The van der Waals surface area contributed by atoms with Gasteiger partial charge in [-0.15, -0.1) is 0 Å². The number of aliphatic hydroxyl groups is 1. The Morgan fingerprint density at radius 1 is 1.35 bits per heavy atom. The van der Waals surface area contributed by atoms with Crippen molar-refractivity contribution < 1.29 is 14.6 Å². The van der Waals surface area contributed by atoms with E-state index in [-0.39, 0.29) is 6.10 Å². The van der Waals surface area contributed by atoms with Crippen LogP contribution in [0.15, 0.2) is 36.4 Å². The van der Waals surface area contributed by atoms with Crippen molar-refractivity contribution in [3.63, 3.8) is 0 Å². The molecule has 3 nitrogen and oxygen atoms in total. The Morgan fingerprint density at radius 3 is 2.65 bits per heavy atom. The van der Waals surface area contributed by atoms with E-state index in [1.165, 1.54) is 0 Å². The molecule has 17 heavy (non-hydrogen) atoms. The van der Waals surface area contributed by atoms with Crippen LogP contribution in [0.2, 0.25) is 0 Å². The third kappa shape index (κ3) is 3.40. The van der Waals surface area contributed by atoms with Crippen LogP contribution < -0.4 is 0 Å². The van der Waals surface area contributed by atoms with E-state index in [0.29, 0.717) is 6.61 Å². The average molecular weight is 234 g/mol. The van der Waals surface area contributed by atoms with Gasteiger partial charge in [0.25, 0.3) is 0 Å². The molecule has 0 aliphatic carbocycles. The highest BCUT2D eigenvalue weighted by Crippen LogP contribution is 2.24. The predicted molar refractivity (Wildman–Crippen MR) is 66.4 cm³/mol. The fourth-order valence-corrected chi connectivity index (χ4v) is 1.78. The Labute approximate surface area is 102 Å². The van der Waals surface area contributed by atoms with Crippen molar-refractivity contribution in [3.8, 4) is 0 Å². The van der Waals surface area contributed by atoms with Crippen molar-refractivity contribution in [3.05, 3.63) is 42.0 Å². The zero-order valence-corrected chi connectivity index (χ0v) is 10.2. The quantitative estimate of drug-likeness (QED) is 0.871. The van der Waals surface area contributed by atoms with Gasteiger partial charge in [0.05, 0.1) is 6.61 Å². The van der Waals surface area contributed by atoms with Gasteiger partial charge in [-0.25, -0.2) is 0 Å². The van der Waals surface area contributed by atoms with E-state index < -0.39 is 11.9 Å². The van der Waals surface area contributed by atoms with Gasteiger partial charge >= 0.3 is 0 Å². The molecular formula is C14H18O3. The van der Waals surface area contributed by atoms with Crippen LogP contribution in [-0.4, -0.2) is 29.7 Å². The summed E-state index contributed by atoms with van der Waals surface area (Å²) in [5, 5.41) is 9.95. The number of rotatable bonds is 3. The number of benzene rings is 1. The Morgan fingerprint density at radius 2 is 2.06 bits per heavy atom. The second-order valence-electron chi connectivity index (χ2n) is 4.63. The summed E-state index contributed by atoms with van der Waals surface area (Å²) in [4.78, 5) is 0. The minimum Gasteiger partial charge on any atom is -0.386 e. The molecule has 0 radical (unpaired) electrons. The maximum atomic E-state index is 9.95. The molecule has 1 aliphatic heterocycles. The van der Waals surface area contributed by atoms with Gasteiger partial charge in [0.15, 0.2) is 5.79 Å². The standard InChI is InChI=1S/C14H18O3/c1-14(2)16-10-13(17-14)12(15)9-8-11-6-4-3-5-7-11/h3-9,12-13,15H,10H2,1-2H3/b9-8+. The predicted octanol–water partition coefficient (Wildman–Crippen LogP) is 2.21. The Hall–Kier alpha value is -1.16. The first kappa shape index (κ1) is 12.3. The number of hydrogen-bond donors (Lipinski definition) is 1. The molecule has 3 heteroatoms. The number of ether oxygens (including phenoxy) is 2. The Balaban J connectivity index is 1.94. The van der Waals surface area contributed by atoms with Crippen molar-refractivity contribution in [1.82, 2.24) is 0 Å². The maximum Gasteiger partial charge on any atom is 0.163 e. The second kappa shape index (κ2) is 5.00. The highest BCUT2D eigenvalue weighted by molar-refractivity contribution is 5.49. The fourth-order valence-electron chi connectivity index (χ4n) is 1.78. The van der Waals surface area contributed by atoms with Crippen LogP contribution in [0.1, 0.15) is 19.4 Å². The monoisotopic (exact) mass is 234 g/mol. The highest BCUT2D eigenvalue weighted by Gasteiger charge is 2.35. The smallest absolute Gasteiger partial charge is 0.163 e. The molecule has 2 atom stereocenters. The van der Waals surface area contributed by atoms with Gasteiger partial charge in [-0.2, -0.15) is 0 Å². The van der Waals surface area contributed by atoms with Crippen LogP contribution in [0, 0.1) is 0 Å². The summed E-state index contributed by atoms with van der Waals surface area (Å²) in [6, 6.07) is 9.86. The molecule has 1 aromatic rings. The van der Waals surface area contributed by atoms with E-state index in [2.05, 4.69) is 0 Å².